The lowest BCUT2D eigenvalue weighted by Crippen LogP contribution is -2.45. The Labute approximate surface area is 157 Å². The van der Waals surface area contributed by atoms with Crippen molar-refractivity contribution >= 4 is 34.4 Å². The third-order valence-corrected chi connectivity index (χ3v) is 5.94. The van der Waals surface area contributed by atoms with Crippen molar-refractivity contribution < 1.29 is 19.1 Å². The smallest absolute Gasteiger partial charge is 0.240 e. The van der Waals surface area contributed by atoms with E-state index in [1.807, 2.05) is 0 Å². The summed E-state index contributed by atoms with van der Waals surface area (Å²) in [7, 11) is 1.58. The number of hydrogen-bond donors (Lipinski definition) is 1. The van der Waals surface area contributed by atoms with E-state index in [2.05, 4.69) is 5.32 Å². The minimum Gasteiger partial charge on any atom is -0.497 e. The fourth-order valence-electron chi connectivity index (χ4n) is 3.44. The lowest BCUT2D eigenvalue weighted by atomic mass is 10.1. The largest absolute Gasteiger partial charge is 0.497 e. The minimum atomic E-state index is -0.367. The summed E-state index contributed by atoms with van der Waals surface area (Å²) in [4.78, 5) is 38.5. The number of thioether (sulfide) groups is 1. The second-order valence-corrected chi connectivity index (χ2v) is 7.83. The number of carbonyl (C=O) groups is 3. The molecule has 3 rings (SSSR count). The number of carbonyl (C=O) groups excluding carboxylic acids is 3. The van der Waals surface area contributed by atoms with Gasteiger partial charge in [-0.15, -0.1) is 0 Å². The lowest BCUT2D eigenvalue weighted by Gasteiger charge is -2.26. The highest BCUT2D eigenvalue weighted by Crippen LogP contribution is 2.29. The highest BCUT2D eigenvalue weighted by Gasteiger charge is 2.34. The molecule has 7 heteroatoms. The van der Waals surface area contributed by atoms with Crippen LogP contribution in [0.15, 0.2) is 24.3 Å². The molecule has 2 fully saturated rings. The molecule has 6 nitrogen and oxygen atoms in total. The Kier molecular flexibility index (Phi) is 6.19. The van der Waals surface area contributed by atoms with Gasteiger partial charge in [0, 0.05) is 23.9 Å². The van der Waals surface area contributed by atoms with Crippen LogP contribution in [0.1, 0.15) is 32.1 Å². The zero-order valence-corrected chi connectivity index (χ0v) is 15.7. The van der Waals surface area contributed by atoms with Gasteiger partial charge in [-0.2, -0.15) is 0 Å². The van der Waals surface area contributed by atoms with Crippen molar-refractivity contribution in [3.05, 3.63) is 24.3 Å². The molecule has 0 aromatic heterocycles. The van der Waals surface area contributed by atoms with Crippen LogP contribution in [0, 0.1) is 5.92 Å². The fraction of sp³-hybridized carbons (Fsp3) is 0.526. The molecule has 1 saturated carbocycles. The minimum absolute atomic E-state index is 0.0307. The molecular formula is C19H24N2O4S. The van der Waals surface area contributed by atoms with Gasteiger partial charge in [-0.1, -0.05) is 24.6 Å². The Bertz CT molecular complexity index is 671. The summed E-state index contributed by atoms with van der Waals surface area (Å²) in [5, 5.41) is 3.06. The Morgan fingerprint density at radius 2 is 1.92 bits per heavy atom. The molecule has 1 N–H and O–H groups in total. The van der Waals surface area contributed by atoms with Crippen LogP contribution in [-0.4, -0.2) is 42.4 Å². The van der Waals surface area contributed by atoms with Crippen LogP contribution in [-0.2, 0) is 14.4 Å². The molecule has 1 aliphatic heterocycles. The first-order valence-electron chi connectivity index (χ1n) is 8.97. The maximum Gasteiger partial charge on any atom is 0.240 e. The molecule has 1 saturated heterocycles. The van der Waals surface area contributed by atoms with E-state index in [0.29, 0.717) is 17.2 Å². The van der Waals surface area contributed by atoms with E-state index in [1.165, 1.54) is 16.7 Å². The van der Waals surface area contributed by atoms with Crippen LogP contribution in [0.2, 0.25) is 0 Å². The molecule has 0 bridgehead atoms. The highest BCUT2D eigenvalue weighted by molar-refractivity contribution is 8.14. The van der Waals surface area contributed by atoms with Crippen molar-refractivity contribution in [2.45, 2.75) is 38.1 Å². The van der Waals surface area contributed by atoms with Gasteiger partial charge < -0.3 is 15.0 Å². The monoisotopic (exact) mass is 376 g/mol. The summed E-state index contributed by atoms with van der Waals surface area (Å²) in [6, 6.07) is 7.27. The first-order chi connectivity index (χ1) is 12.6. The average molecular weight is 376 g/mol. The van der Waals surface area contributed by atoms with Gasteiger partial charge in [0.15, 0.2) is 5.12 Å². The molecule has 0 unspecified atom stereocenters. The summed E-state index contributed by atoms with van der Waals surface area (Å²) >= 11 is 1.19. The molecule has 1 heterocycles. The van der Waals surface area contributed by atoms with Gasteiger partial charge in [-0.05, 0) is 37.1 Å². The molecule has 2 amide bonds. The van der Waals surface area contributed by atoms with E-state index in [1.54, 1.807) is 31.4 Å². The lowest BCUT2D eigenvalue weighted by molar-refractivity contribution is -0.126. The standard InChI is InChI=1S/C19H24N2O4S/c1-25-16-8-6-15(7-9-16)21(19(24)13-10-18(23)26-12-13)11-17(22)20-14-4-2-3-5-14/h6-9,13-14H,2-5,10-12H2,1H3,(H,20,22)/t13-/m1/s1. The molecule has 2 aliphatic rings. The normalized spacial score (nSPS) is 20.2. The average Bonchev–Trinajstić information content (AvgIpc) is 3.31. The summed E-state index contributed by atoms with van der Waals surface area (Å²) < 4.78 is 5.16. The van der Waals surface area contributed by atoms with Crippen molar-refractivity contribution in [3.8, 4) is 5.75 Å². The number of methoxy groups -OCH3 is 1. The van der Waals surface area contributed by atoms with Gasteiger partial charge in [0.2, 0.25) is 11.8 Å². The third kappa shape index (κ3) is 4.58. The molecule has 26 heavy (non-hydrogen) atoms. The van der Waals surface area contributed by atoms with E-state index in [9.17, 15) is 14.4 Å². The van der Waals surface area contributed by atoms with Crippen LogP contribution in [0.3, 0.4) is 0 Å². The van der Waals surface area contributed by atoms with Crippen molar-refractivity contribution in [2.24, 2.45) is 5.92 Å². The van der Waals surface area contributed by atoms with Gasteiger partial charge in [-0.3, -0.25) is 14.4 Å². The summed E-state index contributed by atoms with van der Waals surface area (Å²) in [5.41, 5.74) is 0.640. The molecule has 1 aromatic carbocycles. The molecule has 0 radical (unpaired) electrons. The number of rotatable bonds is 6. The Balaban J connectivity index is 1.74. The van der Waals surface area contributed by atoms with E-state index in [4.69, 9.17) is 4.74 Å². The van der Waals surface area contributed by atoms with E-state index < -0.39 is 0 Å². The molecule has 1 atom stereocenters. The number of anilines is 1. The quantitative estimate of drug-likeness (QED) is 0.825. The van der Waals surface area contributed by atoms with Gasteiger partial charge >= 0.3 is 0 Å². The second-order valence-electron chi connectivity index (χ2n) is 6.76. The predicted octanol–water partition coefficient (Wildman–Crippen LogP) is 2.37. The Hall–Kier alpha value is -2.02. The highest BCUT2D eigenvalue weighted by atomic mass is 32.2. The van der Waals surface area contributed by atoms with E-state index >= 15 is 0 Å². The molecular weight excluding hydrogens is 352 g/mol. The predicted molar refractivity (Wildman–Crippen MR) is 101 cm³/mol. The van der Waals surface area contributed by atoms with E-state index in [0.717, 1.165) is 25.7 Å². The van der Waals surface area contributed by atoms with Crippen LogP contribution in [0.4, 0.5) is 5.69 Å². The topological polar surface area (TPSA) is 75.7 Å². The Morgan fingerprint density at radius 1 is 1.23 bits per heavy atom. The molecule has 0 spiro atoms. The van der Waals surface area contributed by atoms with Gasteiger partial charge in [-0.25, -0.2) is 0 Å². The summed E-state index contributed by atoms with van der Waals surface area (Å²) in [6.07, 6.45) is 4.49. The van der Waals surface area contributed by atoms with Crippen LogP contribution < -0.4 is 15.0 Å². The summed E-state index contributed by atoms with van der Waals surface area (Å²) in [5.74, 6) is 0.472. The van der Waals surface area contributed by atoms with Crippen LogP contribution in [0.25, 0.3) is 0 Å². The summed E-state index contributed by atoms with van der Waals surface area (Å²) in [6.45, 7) is -0.0307. The molecule has 140 valence electrons. The maximum atomic E-state index is 13.0. The SMILES string of the molecule is COc1ccc(N(CC(=O)NC2CCCC2)C(=O)[C@H]2CSC(=O)C2)cc1. The Morgan fingerprint density at radius 3 is 2.50 bits per heavy atom. The van der Waals surface area contributed by atoms with Gasteiger partial charge in [0.1, 0.15) is 12.3 Å². The number of nitrogens with one attached hydrogen (secondary N) is 1. The van der Waals surface area contributed by atoms with Crippen molar-refractivity contribution in [3.63, 3.8) is 0 Å². The van der Waals surface area contributed by atoms with Gasteiger partial charge in [0.05, 0.1) is 13.0 Å². The number of hydrogen-bond acceptors (Lipinski definition) is 5. The molecule has 1 aromatic rings. The van der Waals surface area contributed by atoms with Gasteiger partial charge in [0.25, 0.3) is 0 Å². The van der Waals surface area contributed by atoms with Crippen LogP contribution >= 0.6 is 11.8 Å². The van der Waals surface area contributed by atoms with Crippen molar-refractivity contribution in [2.75, 3.05) is 24.3 Å². The first kappa shape index (κ1) is 18.8. The zero-order chi connectivity index (χ0) is 18.5. The second kappa shape index (κ2) is 8.58. The maximum absolute atomic E-state index is 13.0. The van der Waals surface area contributed by atoms with E-state index in [-0.39, 0.29) is 41.9 Å². The third-order valence-electron chi connectivity index (χ3n) is 4.88. The number of amides is 2. The number of nitrogens with zero attached hydrogens (tertiary/aromatic N) is 1. The van der Waals surface area contributed by atoms with Crippen molar-refractivity contribution in [1.82, 2.24) is 5.32 Å². The van der Waals surface area contributed by atoms with Crippen LogP contribution in [0.5, 0.6) is 5.75 Å². The van der Waals surface area contributed by atoms with Crippen molar-refractivity contribution in [1.29, 1.82) is 0 Å². The molecule has 1 aliphatic carbocycles. The zero-order valence-electron chi connectivity index (χ0n) is 14.9. The number of ether oxygens (including phenoxy) is 1. The fourth-order valence-corrected chi connectivity index (χ4v) is 4.40. The first-order valence-corrected chi connectivity index (χ1v) is 9.96. The number of benzene rings is 1.